The first-order valence-corrected chi connectivity index (χ1v) is 11.8. The molecule has 0 aromatic heterocycles. The van der Waals surface area contributed by atoms with Crippen molar-refractivity contribution >= 4 is 45.7 Å². The average Bonchev–Trinajstić information content (AvgIpc) is 3.14. The highest BCUT2D eigenvalue weighted by molar-refractivity contribution is 14.0. The summed E-state index contributed by atoms with van der Waals surface area (Å²) in [5, 5.41) is 6.35. The second-order valence-corrected chi connectivity index (χ2v) is 10.5. The van der Waals surface area contributed by atoms with Crippen LogP contribution in [0.15, 0.2) is 34.2 Å². The number of guanidine groups is 1. The van der Waals surface area contributed by atoms with Gasteiger partial charge in [-0.3, -0.25) is 9.79 Å². The Bertz CT molecular complexity index is 833. The third kappa shape index (κ3) is 7.40. The molecule has 1 heterocycles. The Morgan fingerprint density at radius 1 is 1.23 bits per heavy atom. The minimum absolute atomic E-state index is 0. The number of carbonyl (C=O) groups excluding carboxylic acids is 1. The van der Waals surface area contributed by atoms with Crippen molar-refractivity contribution in [1.82, 2.24) is 15.5 Å². The Labute approximate surface area is 198 Å². The van der Waals surface area contributed by atoms with Crippen LogP contribution < -0.4 is 10.6 Å². The highest BCUT2D eigenvalue weighted by Crippen LogP contribution is 2.23. The molecule has 1 aliphatic heterocycles. The molecule has 2 N–H and O–H groups in total. The van der Waals surface area contributed by atoms with E-state index in [0.29, 0.717) is 23.8 Å². The minimum atomic E-state index is -3.38. The number of benzene rings is 1. The van der Waals surface area contributed by atoms with Crippen LogP contribution in [-0.2, 0) is 20.0 Å². The van der Waals surface area contributed by atoms with Gasteiger partial charge in [0.05, 0.1) is 10.6 Å². The quantitative estimate of drug-likeness (QED) is 0.323. The van der Waals surface area contributed by atoms with Gasteiger partial charge >= 0.3 is 0 Å². The molecule has 0 saturated carbocycles. The Morgan fingerprint density at radius 2 is 1.87 bits per heavy atom. The predicted octanol–water partition coefficient (Wildman–Crippen LogP) is 2.55. The summed E-state index contributed by atoms with van der Waals surface area (Å²) >= 11 is 0. The van der Waals surface area contributed by atoms with E-state index in [-0.39, 0.29) is 53.6 Å². The van der Waals surface area contributed by atoms with E-state index in [2.05, 4.69) is 36.4 Å². The summed E-state index contributed by atoms with van der Waals surface area (Å²) in [6.07, 6.45) is 1.36. The van der Waals surface area contributed by atoms with Gasteiger partial charge in [-0.25, -0.2) is 8.42 Å². The van der Waals surface area contributed by atoms with Crippen molar-refractivity contribution in [3.8, 4) is 0 Å². The van der Waals surface area contributed by atoms with Crippen LogP contribution in [0.25, 0.3) is 0 Å². The van der Waals surface area contributed by atoms with Crippen LogP contribution in [0.1, 0.15) is 46.1 Å². The van der Waals surface area contributed by atoms with E-state index in [1.54, 1.807) is 19.2 Å². The zero-order valence-corrected chi connectivity index (χ0v) is 21.7. The first-order chi connectivity index (χ1) is 13.6. The monoisotopic (exact) mass is 550 g/mol. The highest BCUT2D eigenvalue weighted by atomic mass is 127. The van der Waals surface area contributed by atoms with Crippen LogP contribution in [0.3, 0.4) is 0 Å². The molecule has 2 rings (SSSR count). The molecular weight excluding hydrogens is 515 g/mol. The summed E-state index contributed by atoms with van der Waals surface area (Å²) in [6.45, 7) is 9.79. The molecule has 1 atom stereocenters. The number of halogens is 1. The molecule has 0 aliphatic carbocycles. The van der Waals surface area contributed by atoms with E-state index >= 15 is 0 Å². The van der Waals surface area contributed by atoms with Gasteiger partial charge in [-0.2, -0.15) is 0 Å². The number of carbonyl (C=O) groups is 1. The largest absolute Gasteiger partial charge is 0.355 e. The van der Waals surface area contributed by atoms with Crippen molar-refractivity contribution in [3.63, 3.8) is 0 Å². The number of hydrogen-bond donors (Lipinski definition) is 2. The van der Waals surface area contributed by atoms with E-state index in [9.17, 15) is 13.2 Å². The molecule has 1 aliphatic rings. The van der Waals surface area contributed by atoms with E-state index in [0.717, 1.165) is 18.5 Å². The van der Waals surface area contributed by atoms with Gasteiger partial charge in [0.25, 0.3) is 0 Å². The van der Waals surface area contributed by atoms with Gasteiger partial charge in [0.1, 0.15) is 0 Å². The van der Waals surface area contributed by atoms with Gasteiger partial charge in [0.2, 0.25) is 5.91 Å². The maximum atomic E-state index is 12.6. The summed E-state index contributed by atoms with van der Waals surface area (Å²) in [5.74, 6) is 0.688. The van der Waals surface area contributed by atoms with Gasteiger partial charge in [-0.1, -0.05) is 39.8 Å². The van der Waals surface area contributed by atoms with Crippen molar-refractivity contribution < 1.29 is 13.2 Å². The van der Waals surface area contributed by atoms with Crippen molar-refractivity contribution in [2.75, 3.05) is 32.4 Å². The molecule has 0 spiro atoms. The molecular formula is C21H35IN4O3S. The number of rotatable bonds is 6. The standard InChI is InChI=1S/C21H34N4O3S.HI/c1-6-19(26)25-13-11-17(15-25)24-20(22-5)23-12-14-29(27,28)18-9-7-16(8-10-18)21(2,3)4;/h7-10,17H,6,11-15H2,1-5H3,(H2,22,23,24);1H. The van der Waals surface area contributed by atoms with Crippen LogP contribution in [0.2, 0.25) is 0 Å². The molecule has 1 aromatic carbocycles. The Balaban J connectivity index is 0.00000450. The SMILES string of the molecule is CCC(=O)N1CCC(NC(=NC)NCCS(=O)(=O)c2ccc(C(C)(C)C)cc2)C1.I. The summed E-state index contributed by atoms with van der Waals surface area (Å²) in [7, 11) is -1.72. The number of nitrogens with one attached hydrogen (secondary N) is 2. The number of aliphatic imine (C=N–C) groups is 1. The Kier molecular flexibility index (Phi) is 10.1. The van der Waals surface area contributed by atoms with Crippen molar-refractivity contribution in [1.29, 1.82) is 0 Å². The molecule has 7 nitrogen and oxygen atoms in total. The topological polar surface area (TPSA) is 90.9 Å². The fraction of sp³-hybridized carbons (Fsp3) is 0.619. The lowest BCUT2D eigenvalue weighted by atomic mass is 9.87. The van der Waals surface area contributed by atoms with Crippen LogP contribution >= 0.6 is 24.0 Å². The smallest absolute Gasteiger partial charge is 0.222 e. The number of sulfone groups is 1. The lowest BCUT2D eigenvalue weighted by Crippen LogP contribution is -2.46. The van der Waals surface area contributed by atoms with E-state index in [1.165, 1.54) is 0 Å². The molecule has 30 heavy (non-hydrogen) atoms. The van der Waals surface area contributed by atoms with Gasteiger partial charge in [-0.15, -0.1) is 24.0 Å². The molecule has 1 fully saturated rings. The average molecular weight is 551 g/mol. The molecule has 1 saturated heterocycles. The maximum Gasteiger partial charge on any atom is 0.222 e. The van der Waals surface area contributed by atoms with Crippen LogP contribution in [0.5, 0.6) is 0 Å². The van der Waals surface area contributed by atoms with Crippen molar-refractivity contribution in [2.45, 2.75) is 56.9 Å². The fourth-order valence-corrected chi connectivity index (χ4v) is 4.46. The van der Waals surface area contributed by atoms with Gasteiger partial charge in [-0.05, 0) is 29.5 Å². The molecule has 170 valence electrons. The second-order valence-electron chi connectivity index (χ2n) is 8.42. The molecule has 1 amide bonds. The third-order valence-corrected chi connectivity index (χ3v) is 6.88. The molecule has 1 aromatic rings. The zero-order valence-electron chi connectivity index (χ0n) is 18.6. The lowest BCUT2D eigenvalue weighted by molar-refractivity contribution is -0.129. The zero-order chi connectivity index (χ0) is 21.7. The molecule has 0 bridgehead atoms. The van der Waals surface area contributed by atoms with Gasteiger partial charge < -0.3 is 15.5 Å². The number of amides is 1. The van der Waals surface area contributed by atoms with E-state index in [4.69, 9.17) is 0 Å². The number of likely N-dealkylation sites (tertiary alicyclic amines) is 1. The molecule has 0 radical (unpaired) electrons. The normalized spacial score (nSPS) is 17.4. The van der Waals surface area contributed by atoms with Crippen LogP contribution in [-0.4, -0.2) is 63.7 Å². The van der Waals surface area contributed by atoms with Gasteiger partial charge in [0, 0.05) is 39.1 Å². The first-order valence-electron chi connectivity index (χ1n) is 10.1. The third-order valence-electron chi connectivity index (χ3n) is 5.15. The Hall–Kier alpha value is -1.36. The maximum absolute atomic E-state index is 12.6. The van der Waals surface area contributed by atoms with Crippen molar-refractivity contribution in [3.05, 3.63) is 29.8 Å². The lowest BCUT2D eigenvalue weighted by Gasteiger charge is -2.19. The van der Waals surface area contributed by atoms with E-state index in [1.807, 2.05) is 24.0 Å². The molecule has 9 heteroatoms. The minimum Gasteiger partial charge on any atom is -0.355 e. The molecule has 1 unspecified atom stereocenters. The van der Waals surface area contributed by atoms with Crippen LogP contribution in [0, 0.1) is 0 Å². The summed E-state index contributed by atoms with van der Waals surface area (Å²) in [6, 6.07) is 7.24. The summed E-state index contributed by atoms with van der Waals surface area (Å²) < 4.78 is 25.2. The fourth-order valence-electron chi connectivity index (χ4n) is 3.30. The second kappa shape index (κ2) is 11.3. The highest BCUT2D eigenvalue weighted by Gasteiger charge is 2.26. The van der Waals surface area contributed by atoms with E-state index < -0.39 is 9.84 Å². The number of nitrogens with zero attached hydrogens (tertiary/aromatic N) is 2. The summed E-state index contributed by atoms with van der Waals surface area (Å²) in [5.41, 5.74) is 1.09. The van der Waals surface area contributed by atoms with Crippen LogP contribution in [0.4, 0.5) is 0 Å². The Morgan fingerprint density at radius 3 is 2.40 bits per heavy atom. The predicted molar refractivity (Wildman–Crippen MR) is 132 cm³/mol. The van der Waals surface area contributed by atoms with Crippen molar-refractivity contribution in [2.24, 2.45) is 4.99 Å². The van der Waals surface area contributed by atoms with Gasteiger partial charge in [0.15, 0.2) is 15.8 Å². The number of hydrogen-bond acceptors (Lipinski definition) is 4. The first kappa shape index (κ1) is 26.7. The summed E-state index contributed by atoms with van der Waals surface area (Å²) in [4.78, 5) is 18.1.